The van der Waals surface area contributed by atoms with Crippen LogP contribution in [0, 0.1) is 0 Å². The SMILES string of the molecule is O=C(O)Cc1noc2cc[nH]c12. The van der Waals surface area contributed by atoms with Crippen molar-refractivity contribution in [3.8, 4) is 0 Å². The monoisotopic (exact) mass is 166 g/mol. The predicted molar refractivity (Wildman–Crippen MR) is 39.7 cm³/mol. The number of hydrogen-bond acceptors (Lipinski definition) is 3. The Morgan fingerprint density at radius 2 is 2.58 bits per heavy atom. The largest absolute Gasteiger partial charge is 0.481 e. The maximum atomic E-state index is 10.3. The molecule has 2 N–H and O–H groups in total. The minimum atomic E-state index is -0.917. The summed E-state index contributed by atoms with van der Waals surface area (Å²) in [5.41, 5.74) is 1.69. The fourth-order valence-electron chi connectivity index (χ4n) is 1.07. The molecular weight excluding hydrogens is 160 g/mol. The van der Waals surface area contributed by atoms with Crippen molar-refractivity contribution in [2.75, 3.05) is 0 Å². The number of rotatable bonds is 2. The van der Waals surface area contributed by atoms with E-state index in [1.807, 2.05) is 0 Å². The first-order valence-electron chi connectivity index (χ1n) is 3.41. The summed E-state index contributed by atoms with van der Waals surface area (Å²) < 4.78 is 4.85. The van der Waals surface area contributed by atoms with Crippen molar-refractivity contribution in [2.24, 2.45) is 0 Å². The minimum absolute atomic E-state index is 0.118. The number of aromatic nitrogens is 2. The first-order valence-corrected chi connectivity index (χ1v) is 3.41. The molecule has 0 fully saturated rings. The maximum absolute atomic E-state index is 10.3. The molecule has 5 heteroatoms. The molecule has 2 aromatic rings. The number of hydrogen-bond donors (Lipinski definition) is 2. The van der Waals surface area contributed by atoms with Gasteiger partial charge in [0.1, 0.15) is 11.2 Å². The van der Waals surface area contributed by atoms with Crippen LogP contribution < -0.4 is 0 Å². The average molecular weight is 166 g/mol. The van der Waals surface area contributed by atoms with Gasteiger partial charge in [0.2, 0.25) is 0 Å². The molecule has 0 amide bonds. The number of fused-ring (bicyclic) bond motifs is 1. The predicted octanol–water partition coefficient (Wildman–Crippen LogP) is 0.783. The second-order valence-corrected chi connectivity index (χ2v) is 2.42. The van der Waals surface area contributed by atoms with Gasteiger partial charge in [-0.15, -0.1) is 0 Å². The molecule has 0 aliphatic rings. The van der Waals surface area contributed by atoms with Gasteiger partial charge in [-0.05, 0) is 0 Å². The normalized spacial score (nSPS) is 10.7. The van der Waals surface area contributed by atoms with E-state index in [4.69, 9.17) is 9.63 Å². The van der Waals surface area contributed by atoms with E-state index in [-0.39, 0.29) is 6.42 Å². The van der Waals surface area contributed by atoms with Crippen LogP contribution in [0.3, 0.4) is 0 Å². The molecule has 2 aromatic heterocycles. The van der Waals surface area contributed by atoms with Crippen LogP contribution in [-0.2, 0) is 11.2 Å². The maximum Gasteiger partial charge on any atom is 0.309 e. The van der Waals surface area contributed by atoms with Gasteiger partial charge in [0.05, 0.1) is 6.42 Å². The van der Waals surface area contributed by atoms with E-state index in [0.717, 1.165) is 0 Å². The highest BCUT2D eigenvalue weighted by Crippen LogP contribution is 2.15. The van der Waals surface area contributed by atoms with Crippen molar-refractivity contribution in [3.63, 3.8) is 0 Å². The number of H-pyrrole nitrogens is 1. The number of nitrogens with one attached hydrogen (secondary N) is 1. The molecule has 0 bridgehead atoms. The van der Waals surface area contributed by atoms with Crippen LogP contribution in [0.1, 0.15) is 5.69 Å². The Morgan fingerprint density at radius 3 is 3.33 bits per heavy atom. The summed E-state index contributed by atoms with van der Waals surface area (Å²) in [6, 6.07) is 1.70. The number of carboxylic acid groups (broad SMARTS) is 1. The average Bonchev–Trinajstić information content (AvgIpc) is 2.52. The smallest absolute Gasteiger partial charge is 0.309 e. The summed E-state index contributed by atoms with van der Waals surface area (Å²) in [5.74, 6) is -0.917. The summed E-state index contributed by atoms with van der Waals surface area (Å²) >= 11 is 0. The zero-order valence-electron chi connectivity index (χ0n) is 6.07. The second kappa shape index (κ2) is 2.37. The molecule has 0 aromatic carbocycles. The van der Waals surface area contributed by atoms with Gasteiger partial charge in [-0.1, -0.05) is 5.16 Å². The lowest BCUT2D eigenvalue weighted by Crippen LogP contribution is -2.00. The number of nitrogens with zero attached hydrogens (tertiary/aromatic N) is 1. The van der Waals surface area contributed by atoms with E-state index in [0.29, 0.717) is 16.8 Å². The summed E-state index contributed by atoms with van der Waals surface area (Å²) in [4.78, 5) is 13.2. The van der Waals surface area contributed by atoms with Gasteiger partial charge >= 0.3 is 5.97 Å². The van der Waals surface area contributed by atoms with Gasteiger partial charge in [-0.25, -0.2) is 0 Å². The molecule has 0 aliphatic carbocycles. The molecule has 0 spiro atoms. The van der Waals surface area contributed by atoms with Crippen LogP contribution in [0.4, 0.5) is 0 Å². The Balaban J connectivity index is 2.47. The molecule has 5 nitrogen and oxygen atoms in total. The zero-order chi connectivity index (χ0) is 8.55. The summed E-state index contributed by atoms with van der Waals surface area (Å²) in [6.45, 7) is 0. The van der Waals surface area contributed by atoms with Crippen molar-refractivity contribution in [1.29, 1.82) is 0 Å². The highest BCUT2D eigenvalue weighted by atomic mass is 16.5. The highest BCUT2D eigenvalue weighted by Gasteiger charge is 2.11. The number of aromatic amines is 1. The minimum Gasteiger partial charge on any atom is -0.481 e. The fourth-order valence-corrected chi connectivity index (χ4v) is 1.07. The lowest BCUT2D eigenvalue weighted by molar-refractivity contribution is -0.136. The van der Waals surface area contributed by atoms with Crippen molar-refractivity contribution in [3.05, 3.63) is 18.0 Å². The molecule has 0 radical (unpaired) electrons. The third-order valence-corrected chi connectivity index (χ3v) is 1.57. The number of carbonyl (C=O) groups is 1. The Kier molecular flexibility index (Phi) is 1.36. The van der Waals surface area contributed by atoms with Crippen LogP contribution >= 0.6 is 0 Å². The number of aliphatic carboxylic acids is 1. The molecule has 0 saturated carbocycles. The van der Waals surface area contributed by atoms with Gasteiger partial charge < -0.3 is 14.6 Å². The van der Waals surface area contributed by atoms with Crippen molar-refractivity contribution in [2.45, 2.75) is 6.42 Å². The fraction of sp³-hybridized carbons (Fsp3) is 0.143. The Labute approximate surface area is 67.0 Å². The molecular formula is C7H6N2O3. The molecule has 0 atom stereocenters. The summed E-state index contributed by atoms with van der Waals surface area (Å²) in [7, 11) is 0. The Bertz CT molecular complexity index is 415. The van der Waals surface area contributed by atoms with Gasteiger partial charge in [0.15, 0.2) is 5.58 Å². The summed E-state index contributed by atoms with van der Waals surface area (Å²) in [5, 5.41) is 12.1. The van der Waals surface area contributed by atoms with E-state index >= 15 is 0 Å². The molecule has 0 unspecified atom stereocenters. The first kappa shape index (κ1) is 6.90. The van der Waals surface area contributed by atoms with Gasteiger partial charge in [0.25, 0.3) is 0 Å². The molecule has 2 rings (SSSR count). The van der Waals surface area contributed by atoms with Crippen LogP contribution in [-0.4, -0.2) is 21.2 Å². The van der Waals surface area contributed by atoms with Crippen LogP contribution in [0.2, 0.25) is 0 Å². The quantitative estimate of drug-likeness (QED) is 0.691. The lowest BCUT2D eigenvalue weighted by atomic mass is 10.3. The topological polar surface area (TPSA) is 79.1 Å². The van der Waals surface area contributed by atoms with Crippen molar-refractivity contribution >= 4 is 17.1 Å². The van der Waals surface area contributed by atoms with Crippen LogP contribution in [0.25, 0.3) is 11.1 Å². The van der Waals surface area contributed by atoms with E-state index in [1.54, 1.807) is 12.3 Å². The molecule has 12 heavy (non-hydrogen) atoms. The van der Waals surface area contributed by atoms with Crippen LogP contribution in [0.15, 0.2) is 16.8 Å². The Hall–Kier alpha value is -1.78. The van der Waals surface area contributed by atoms with E-state index < -0.39 is 5.97 Å². The van der Waals surface area contributed by atoms with Gasteiger partial charge in [0, 0.05) is 12.3 Å². The molecule has 0 saturated heterocycles. The van der Waals surface area contributed by atoms with E-state index in [9.17, 15) is 4.79 Å². The van der Waals surface area contributed by atoms with E-state index in [2.05, 4.69) is 10.1 Å². The Morgan fingerprint density at radius 1 is 1.75 bits per heavy atom. The van der Waals surface area contributed by atoms with Crippen LogP contribution in [0.5, 0.6) is 0 Å². The van der Waals surface area contributed by atoms with Gasteiger partial charge in [-0.2, -0.15) is 0 Å². The zero-order valence-corrected chi connectivity index (χ0v) is 6.07. The second-order valence-electron chi connectivity index (χ2n) is 2.42. The highest BCUT2D eigenvalue weighted by molar-refractivity contribution is 5.80. The van der Waals surface area contributed by atoms with Crippen molar-refractivity contribution in [1.82, 2.24) is 10.1 Å². The molecule has 0 aliphatic heterocycles. The standard InChI is InChI=1S/C7H6N2O3/c10-6(11)3-4-7-5(12-9-4)1-2-8-7/h1-2,8H,3H2,(H,10,11). The van der Waals surface area contributed by atoms with Crippen molar-refractivity contribution < 1.29 is 14.4 Å². The summed E-state index contributed by atoms with van der Waals surface area (Å²) in [6.07, 6.45) is 1.56. The van der Waals surface area contributed by atoms with E-state index in [1.165, 1.54) is 0 Å². The van der Waals surface area contributed by atoms with Gasteiger partial charge in [-0.3, -0.25) is 4.79 Å². The first-order chi connectivity index (χ1) is 5.77. The molecule has 62 valence electrons. The lowest BCUT2D eigenvalue weighted by Gasteiger charge is -1.85. The number of carboxylic acids is 1. The third-order valence-electron chi connectivity index (χ3n) is 1.57. The molecule has 2 heterocycles. The third kappa shape index (κ3) is 0.952.